The second-order valence-corrected chi connectivity index (χ2v) is 7.65. The number of carbonyl (C=O) groups excluding carboxylic acids is 2. The smallest absolute Gasteiger partial charge is 0.321 e. The summed E-state index contributed by atoms with van der Waals surface area (Å²) in [5, 5.41) is 5.96. The summed E-state index contributed by atoms with van der Waals surface area (Å²) in [5.41, 5.74) is 2.84. The molecular formula is C23H27N5O2. The maximum absolute atomic E-state index is 12.6. The summed E-state index contributed by atoms with van der Waals surface area (Å²) in [4.78, 5) is 31.3. The normalized spacial score (nSPS) is 14.6. The predicted octanol–water partition coefficient (Wildman–Crippen LogP) is 3.41. The van der Waals surface area contributed by atoms with E-state index in [4.69, 9.17) is 0 Å². The maximum atomic E-state index is 12.6. The molecular weight excluding hydrogens is 378 g/mol. The van der Waals surface area contributed by atoms with Crippen molar-refractivity contribution in [3.63, 3.8) is 0 Å². The Morgan fingerprint density at radius 1 is 1.03 bits per heavy atom. The number of urea groups is 1. The number of para-hydroxylation sites is 3. The lowest BCUT2D eigenvalue weighted by molar-refractivity contribution is -0.126. The Morgan fingerprint density at radius 2 is 1.73 bits per heavy atom. The minimum atomic E-state index is -0.109. The average molecular weight is 406 g/mol. The maximum Gasteiger partial charge on any atom is 0.321 e. The quantitative estimate of drug-likeness (QED) is 0.683. The van der Waals surface area contributed by atoms with E-state index in [-0.39, 0.29) is 17.9 Å². The minimum absolute atomic E-state index is 0.0496. The van der Waals surface area contributed by atoms with Crippen molar-refractivity contribution in [3.05, 3.63) is 60.4 Å². The van der Waals surface area contributed by atoms with Crippen molar-refractivity contribution in [3.8, 4) is 0 Å². The highest BCUT2D eigenvalue weighted by Gasteiger charge is 2.27. The summed E-state index contributed by atoms with van der Waals surface area (Å²) in [6, 6.07) is 17.3. The summed E-state index contributed by atoms with van der Waals surface area (Å²) in [7, 11) is 0. The van der Waals surface area contributed by atoms with Crippen molar-refractivity contribution in [2.24, 2.45) is 5.92 Å². The number of carbonyl (C=O) groups is 2. The number of hydrogen-bond acceptors (Lipinski definition) is 3. The van der Waals surface area contributed by atoms with Crippen LogP contribution < -0.4 is 10.6 Å². The molecule has 1 aliphatic rings. The van der Waals surface area contributed by atoms with Crippen LogP contribution in [0.2, 0.25) is 0 Å². The lowest BCUT2D eigenvalue weighted by Crippen LogP contribution is -2.45. The number of likely N-dealkylation sites (tertiary alicyclic amines) is 1. The fourth-order valence-corrected chi connectivity index (χ4v) is 3.98. The SMILES string of the molecule is Cc1nc2ccccc2n1CCNC(=O)C1CCN(C(=O)Nc2ccccc2)CC1. The van der Waals surface area contributed by atoms with Gasteiger partial charge in [-0.25, -0.2) is 9.78 Å². The average Bonchev–Trinajstić information content (AvgIpc) is 3.09. The van der Waals surface area contributed by atoms with Gasteiger partial charge in [0, 0.05) is 37.8 Å². The Morgan fingerprint density at radius 3 is 2.50 bits per heavy atom. The molecule has 0 radical (unpaired) electrons. The highest BCUT2D eigenvalue weighted by atomic mass is 16.2. The third-order valence-electron chi connectivity index (χ3n) is 5.66. The van der Waals surface area contributed by atoms with E-state index in [1.807, 2.05) is 61.5 Å². The highest BCUT2D eigenvalue weighted by molar-refractivity contribution is 5.89. The van der Waals surface area contributed by atoms with Crippen LogP contribution in [0.4, 0.5) is 10.5 Å². The molecule has 1 saturated heterocycles. The third-order valence-corrected chi connectivity index (χ3v) is 5.66. The highest BCUT2D eigenvalue weighted by Crippen LogP contribution is 2.19. The van der Waals surface area contributed by atoms with Crippen LogP contribution in [0.5, 0.6) is 0 Å². The summed E-state index contributed by atoms with van der Waals surface area (Å²) >= 11 is 0. The van der Waals surface area contributed by atoms with E-state index in [2.05, 4.69) is 20.2 Å². The van der Waals surface area contributed by atoms with Crippen LogP contribution in [0.25, 0.3) is 11.0 Å². The van der Waals surface area contributed by atoms with Crippen molar-refractivity contribution in [2.45, 2.75) is 26.3 Å². The number of aromatic nitrogens is 2. The Hall–Kier alpha value is -3.35. The Kier molecular flexibility index (Phi) is 5.97. The van der Waals surface area contributed by atoms with Gasteiger partial charge in [0.15, 0.2) is 0 Å². The largest absolute Gasteiger partial charge is 0.354 e. The first kappa shape index (κ1) is 19.9. The van der Waals surface area contributed by atoms with Gasteiger partial charge < -0.3 is 20.1 Å². The second kappa shape index (κ2) is 8.98. The lowest BCUT2D eigenvalue weighted by Gasteiger charge is -2.31. The van der Waals surface area contributed by atoms with Crippen molar-refractivity contribution >= 4 is 28.7 Å². The number of anilines is 1. The number of aryl methyl sites for hydroxylation is 1. The molecule has 2 heterocycles. The van der Waals surface area contributed by atoms with Crippen molar-refractivity contribution < 1.29 is 9.59 Å². The van der Waals surface area contributed by atoms with Gasteiger partial charge in [-0.3, -0.25) is 4.79 Å². The molecule has 1 fully saturated rings. The van der Waals surface area contributed by atoms with E-state index in [0.29, 0.717) is 39.0 Å². The fourth-order valence-electron chi connectivity index (χ4n) is 3.98. The number of hydrogen-bond donors (Lipinski definition) is 2. The van der Waals surface area contributed by atoms with Crippen LogP contribution in [0.1, 0.15) is 18.7 Å². The van der Waals surface area contributed by atoms with Crippen LogP contribution in [0.15, 0.2) is 54.6 Å². The van der Waals surface area contributed by atoms with Crippen LogP contribution in [0, 0.1) is 12.8 Å². The molecule has 156 valence electrons. The molecule has 0 aliphatic carbocycles. The number of nitrogens with one attached hydrogen (secondary N) is 2. The molecule has 4 rings (SSSR count). The van der Waals surface area contributed by atoms with E-state index in [1.165, 1.54) is 0 Å². The van der Waals surface area contributed by atoms with Gasteiger partial charge in [0.25, 0.3) is 0 Å². The number of benzene rings is 2. The van der Waals surface area contributed by atoms with E-state index < -0.39 is 0 Å². The molecule has 3 aromatic rings. The van der Waals surface area contributed by atoms with Gasteiger partial charge >= 0.3 is 6.03 Å². The molecule has 0 atom stereocenters. The number of amides is 3. The van der Waals surface area contributed by atoms with Crippen molar-refractivity contribution in [1.29, 1.82) is 0 Å². The van der Waals surface area contributed by atoms with Crippen LogP contribution in [-0.4, -0.2) is 46.0 Å². The van der Waals surface area contributed by atoms with Crippen LogP contribution in [-0.2, 0) is 11.3 Å². The van der Waals surface area contributed by atoms with Crippen molar-refractivity contribution in [2.75, 3.05) is 25.0 Å². The zero-order valence-corrected chi connectivity index (χ0v) is 17.2. The third kappa shape index (κ3) is 4.45. The van der Waals surface area contributed by atoms with Crippen molar-refractivity contribution in [1.82, 2.24) is 19.8 Å². The fraction of sp³-hybridized carbons (Fsp3) is 0.348. The molecule has 7 heteroatoms. The Bertz CT molecular complexity index is 1020. The van der Waals surface area contributed by atoms with Gasteiger partial charge in [0.1, 0.15) is 5.82 Å². The molecule has 1 aromatic heterocycles. The standard InChI is InChI=1S/C23H27N5O2/c1-17-25-20-9-5-6-10-21(20)28(17)16-13-24-22(29)18-11-14-27(15-12-18)23(30)26-19-7-3-2-4-8-19/h2-10,18H,11-16H2,1H3,(H,24,29)(H,26,30). The molecule has 0 bridgehead atoms. The second-order valence-electron chi connectivity index (χ2n) is 7.65. The molecule has 2 aromatic carbocycles. The van der Waals surface area contributed by atoms with Crippen LogP contribution >= 0.6 is 0 Å². The number of piperidine rings is 1. The van der Waals surface area contributed by atoms with Gasteiger partial charge in [0.2, 0.25) is 5.91 Å². The summed E-state index contributed by atoms with van der Waals surface area (Å²) in [6.45, 7) is 4.41. The number of imidazole rings is 1. The van der Waals surface area contributed by atoms with Gasteiger partial charge in [-0.15, -0.1) is 0 Å². The first-order valence-corrected chi connectivity index (χ1v) is 10.4. The molecule has 7 nitrogen and oxygen atoms in total. The first-order valence-electron chi connectivity index (χ1n) is 10.4. The Labute approximate surface area is 176 Å². The molecule has 0 unspecified atom stereocenters. The molecule has 2 N–H and O–H groups in total. The topological polar surface area (TPSA) is 79.3 Å². The van der Waals surface area contributed by atoms with E-state index in [1.54, 1.807) is 4.90 Å². The predicted molar refractivity (Wildman–Crippen MR) is 117 cm³/mol. The zero-order chi connectivity index (χ0) is 20.9. The number of nitrogens with zero attached hydrogens (tertiary/aromatic N) is 3. The molecule has 0 spiro atoms. The number of fused-ring (bicyclic) bond motifs is 1. The van der Waals surface area contributed by atoms with Gasteiger partial charge in [0.05, 0.1) is 11.0 Å². The monoisotopic (exact) mass is 405 g/mol. The van der Waals surface area contributed by atoms with Crippen LogP contribution in [0.3, 0.4) is 0 Å². The Balaban J connectivity index is 1.23. The lowest BCUT2D eigenvalue weighted by atomic mass is 9.96. The van der Waals surface area contributed by atoms with Gasteiger partial charge in [-0.05, 0) is 44.0 Å². The molecule has 0 saturated carbocycles. The summed E-state index contributed by atoms with van der Waals surface area (Å²) in [5.74, 6) is 0.967. The zero-order valence-electron chi connectivity index (χ0n) is 17.2. The first-order chi connectivity index (χ1) is 14.6. The minimum Gasteiger partial charge on any atom is -0.354 e. The molecule has 30 heavy (non-hydrogen) atoms. The van der Waals surface area contributed by atoms with E-state index >= 15 is 0 Å². The van der Waals surface area contributed by atoms with E-state index in [0.717, 1.165) is 22.5 Å². The summed E-state index contributed by atoms with van der Waals surface area (Å²) in [6.07, 6.45) is 1.36. The molecule has 3 amide bonds. The van der Waals surface area contributed by atoms with Gasteiger partial charge in [-0.1, -0.05) is 30.3 Å². The number of rotatable bonds is 5. The van der Waals surface area contributed by atoms with E-state index in [9.17, 15) is 9.59 Å². The molecule has 1 aliphatic heterocycles. The summed E-state index contributed by atoms with van der Waals surface area (Å²) < 4.78 is 2.13. The van der Waals surface area contributed by atoms with Gasteiger partial charge in [-0.2, -0.15) is 0 Å².